The van der Waals surface area contributed by atoms with E-state index in [1.807, 2.05) is 19.0 Å². The number of rotatable bonds is 7. The number of aliphatic hydroxyl groups excluding tert-OH is 1. The van der Waals surface area contributed by atoms with Crippen LogP contribution in [0, 0.1) is 0 Å². The lowest BCUT2D eigenvalue weighted by molar-refractivity contribution is -0.117. The van der Waals surface area contributed by atoms with Crippen molar-refractivity contribution in [2.24, 2.45) is 0 Å². The lowest BCUT2D eigenvalue weighted by atomic mass is 10.2. The maximum atomic E-state index is 12.6. The third kappa shape index (κ3) is 4.41. The van der Waals surface area contributed by atoms with Gasteiger partial charge in [0, 0.05) is 18.9 Å². The fraction of sp³-hybridized carbons (Fsp3) is 0.235. The molecule has 0 aliphatic carbocycles. The minimum Gasteiger partial charge on any atom is -0.388 e. The van der Waals surface area contributed by atoms with Crippen LogP contribution in [0.2, 0.25) is 0 Å². The van der Waals surface area contributed by atoms with Gasteiger partial charge in [-0.1, -0.05) is 12.1 Å². The summed E-state index contributed by atoms with van der Waals surface area (Å²) in [6.45, 7) is 0.159. The van der Waals surface area contributed by atoms with Crippen molar-refractivity contribution in [2.45, 2.75) is 11.4 Å². The van der Waals surface area contributed by atoms with Crippen LogP contribution in [0.25, 0.3) is 6.08 Å². The number of benzene rings is 1. The standard InChI is InChI=1S/C17H20N2O4S/c1-18(2)11-14-4-7-17(8-5-14)24(22,23)19-10-9-15(12-19)3-6-16(21)13-20/h3-10,12,20H,11,13H2,1-2H3/b6-3+. The van der Waals surface area contributed by atoms with Gasteiger partial charge in [0.1, 0.15) is 6.61 Å². The average Bonchev–Trinajstić information content (AvgIpc) is 3.02. The lowest BCUT2D eigenvalue weighted by Crippen LogP contribution is -2.12. The van der Waals surface area contributed by atoms with Gasteiger partial charge in [-0.25, -0.2) is 12.4 Å². The molecule has 0 bridgehead atoms. The van der Waals surface area contributed by atoms with Gasteiger partial charge in [-0.15, -0.1) is 0 Å². The van der Waals surface area contributed by atoms with Crippen LogP contribution >= 0.6 is 0 Å². The average molecular weight is 348 g/mol. The Hall–Kier alpha value is -2.22. The fourth-order valence-electron chi connectivity index (χ4n) is 2.14. The van der Waals surface area contributed by atoms with Crippen molar-refractivity contribution in [2.75, 3.05) is 20.7 Å². The summed E-state index contributed by atoms with van der Waals surface area (Å²) in [6, 6.07) is 8.32. The second-order valence-electron chi connectivity index (χ2n) is 5.62. The lowest BCUT2D eigenvalue weighted by Gasteiger charge is -2.10. The van der Waals surface area contributed by atoms with Crippen LogP contribution in [0.1, 0.15) is 11.1 Å². The topological polar surface area (TPSA) is 79.6 Å². The molecule has 2 rings (SSSR count). The minimum atomic E-state index is -3.67. The summed E-state index contributed by atoms with van der Waals surface area (Å²) in [6.07, 6.45) is 5.52. The summed E-state index contributed by atoms with van der Waals surface area (Å²) in [5, 5.41) is 8.67. The van der Waals surface area contributed by atoms with E-state index in [1.165, 1.54) is 24.5 Å². The van der Waals surface area contributed by atoms with Gasteiger partial charge in [0.25, 0.3) is 10.0 Å². The molecular weight excluding hydrogens is 328 g/mol. The zero-order valence-corrected chi connectivity index (χ0v) is 14.4. The molecule has 1 aromatic heterocycles. The van der Waals surface area contributed by atoms with Crippen LogP contribution < -0.4 is 0 Å². The van der Waals surface area contributed by atoms with Crippen molar-refractivity contribution < 1.29 is 18.3 Å². The summed E-state index contributed by atoms with van der Waals surface area (Å²) in [4.78, 5) is 13.3. The van der Waals surface area contributed by atoms with Gasteiger partial charge in [0.15, 0.2) is 5.78 Å². The molecule has 0 spiro atoms. The Bertz CT molecular complexity index is 834. The van der Waals surface area contributed by atoms with E-state index in [4.69, 9.17) is 5.11 Å². The highest BCUT2D eigenvalue weighted by Gasteiger charge is 2.16. The number of hydrogen-bond acceptors (Lipinski definition) is 5. The number of ketones is 1. The molecule has 0 atom stereocenters. The predicted molar refractivity (Wildman–Crippen MR) is 92.0 cm³/mol. The van der Waals surface area contributed by atoms with Gasteiger partial charge >= 0.3 is 0 Å². The largest absolute Gasteiger partial charge is 0.388 e. The van der Waals surface area contributed by atoms with E-state index in [0.717, 1.165) is 16.1 Å². The number of aliphatic hydroxyl groups is 1. The monoisotopic (exact) mass is 348 g/mol. The molecule has 1 heterocycles. The van der Waals surface area contributed by atoms with Gasteiger partial charge in [0.2, 0.25) is 0 Å². The molecular formula is C17H20N2O4S. The van der Waals surface area contributed by atoms with Crippen LogP contribution in [-0.2, 0) is 21.4 Å². The molecule has 0 unspecified atom stereocenters. The van der Waals surface area contributed by atoms with Gasteiger partial charge in [-0.05, 0) is 55.6 Å². The quantitative estimate of drug-likeness (QED) is 0.764. The Balaban J connectivity index is 2.23. The molecule has 24 heavy (non-hydrogen) atoms. The molecule has 7 heteroatoms. The molecule has 0 aliphatic heterocycles. The fourth-order valence-corrected chi connectivity index (χ4v) is 3.34. The molecule has 0 saturated carbocycles. The molecule has 2 aromatic rings. The van der Waals surface area contributed by atoms with Crippen LogP contribution in [0.15, 0.2) is 53.7 Å². The van der Waals surface area contributed by atoms with Crippen LogP contribution in [-0.4, -0.2) is 48.9 Å². The van der Waals surface area contributed by atoms with Crippen molar-refractivity contribution in [1.82, 2.24) is 8.87 Å². The third-order valence-electron chi connectivity index (χ3n) is 3.31. The first-order chi connectivity index (χ1) is 11.3. The molecule has 0 saturated heterocycles. The highest BCUT2D eigenvalue weighted by atomic mass is 32.2. The predicted octanol–water partition coefficient (Wildman–Crippen LogP) is 1.36. The number of carbonyl (C=O) groups is 1. The van der Waals surface area contributed by atoms with E-state index in [2.05, 4.69) is 0 Å². The Kier molecular flexibility index (Phi) is 5.71. The zero-order valence-electron chi connectivity index (χ0n) is 13.6. The molecule has 6 nitrogen and oxygen atoms in total. The van der Waals surface area contributed by atoms with Crippen molar-refractivity contribution in [3.63, 3.8) is 0 Å². The Morgan fingerprint density at radius 1 is 1.21 bits per heavy atom. The van der Waals surface area contributed by atoms with Gasteiger partial charge in [-0.3, -0.25) is 4.79 Å². The minimum absolute atomic E-state index is 0.197. The SMILES string of the molecule is CN(C)Cc1ccc(S(=O)(=O)n2ccc(/C=C/C(=O)CO)c2)cc1. The van der Waals surface area contributed by atoms with Crippen LogP contribution in [0.4, 0.5) is 0 Å². The molecule has 0 fully saturated rings. The third-order valence-corrected chi connectivity index (χ3v) is 4.96. The molecule has 0 amide bonds. The Morgan fingerprint density at radius 3 is 2.46 bits per heavy atom. The summed E-state index contributed by atoms with van der Waals surface area (Å²) >= 11 is 0. The highest BCUT2D eigenvalue weighted by Crippen LogP contribution is 2.17. The highest BCUT2D eigenvalue weighted by molar-refractivity contribution is 7.90. The van der Waals surface area contributed by atoms with E-state index in [1.54, 1.807) is 30.3 Å². The van der Waals surface area contributed by atoms with E-state index < -0.39 is 22.4 Å². The Morgan fingerprint density at radius 2 is 1.88 bits per heavy atom. The Labute approximate surface area is 141 Å². The number of carbonyl (C=O) groups excluding carboxylic acids is 1. The van der Waals surface area contributed by atoms with Crippen molar-refractivity contribution in [3.05, 3.63) is 59.9 Å². The van der Waals surface area contributed by atoms with E-state index >= 15 is 0 Å². The number of aromatic nitrogens is 1. The second kappa shape index (κ2) is 7.57. The maximum Gasteiger partial charge on any atom is 0.267 e. The van der Waals surface area contributed by atoms with E-state index in [0.29, 0.717) is 5.56 Å². The molecule has 0 radical (unpaired) electrons. The molecule has 128 valence electrons. The molecule has 0 aliphatic rings. The first-order valence-corrected chi connectivity index (χ1v) is 8.76. The van der Waals surface area contributed by atoms with Gasteiger partial charge < -0.3 is 10.0 Å². The second-order valence-corrected chi connectivity index (χ2v) is 7.46. The zero-order chi connectivity index (χ0) is 17.7. The maximum absolute atomic E-state index is 12.6. The first-order valence-electron chi connectivity index (χ1n) is 7.32. The smallest absolute Gasteiger partial charge is 0.267 e. The summed E-state index contributed by atoms with van der Waals surface area (Å²) in [7, 11) is 0.218. The van der Waals surface area contributed by atoms with Gasteiger partial charge in [-0.2, -0.15) is 0 Å². The van der Waals surface area contributed by atoms with E-state index in [-0.39, 0.29) is 4.90 Å². The number of hydrogen-bond donors (Lipinski definition) is 1. The van der Waals surface area contributed by atoms with Crippen LogP contribution in [0.5, 0.6) is 0 Å². The number of nitrogens with zero attached hydrogens (tertiary/aromatic N) is 2. The molecule has 1 N–H and O–H groups in total. The first kappa shape index (κ1) is 18.1. The summed E-state index contributed by atoms with van der Waals surface area (Å²) in [5.74, 6) is -0.443. The normalized spacial score (nSPS) is 12.2. The van der Waals surface area contributed by atoms with E-state index in [9.17, 15) is 13.2 Å². The summed E-state index contributed by atoms with van der Waals surface area (Å²) in [5.41, 5.74) is 1.59. The molecule has 1 aromatic carbocycles. The van der Waals surface area contributed by atoms with Crippen molar-refractivity contribution in [3.8, 4) is 0 Å². The van der Waals surface area contributed by atoms with Crippen molar-refractivity contribution in [1.29, 1.82) is 0 Å². The van der Waals surface area contributed by atoms with Crippen molar-refractivity contribution >= 4 is 21.9 Å². The van der Waals surface area contributed by atoms with Gasteiger partial charge in [0.05, 0.1) is 4.90 Å². The summed E-state index contributed by atoms with van der Waals surface area (Å²) < 4.78 is 26.3. The van der Waals surface area contributed by atoms with Crippen LogP contribution in [0.3, 0.4) is 0 Å².